The summed E-state index contributed by atoms with van der Waals surface area (Å²) in [6.07, 6.45) is -0.989. The Labute approximate surface area is 148 Å². The maximum atomic E-state index is 12.4. The Kier molecular flexibility index (Phi) is 4.77. The molecule has 0 saturated heterocycles. The van der Waals surface area contributed by atoms with Crippen LogP contribution in [0.5, 0.6) is 0 Å². The zero-order valence-electron chi connectivity index (χ0n) is 10.8. The van der Waals surface area contributed by atoms with Gasteiger partial charge >= 0.3 is 11.9 Å². The van der Waals surface area contributed by atoms with Crippen LogP contribution in [0.25, 0.3) is 0 Å². The number of amides is 2. The SMILES string of the molecule is O=C(O)CC(C(=O)O)N1C(=O)c2c(Cl)c(Cl)c(Cl)c(Cl)c2C1=O. The van der Waals surface area contributed by atoms with Gasteiger partial charge in [0.15, 0.2) is 0 Å². The molecule has 0 radical (unpaired) electrons. The Morgan fingerprint density at radius 1 is 0.870 bits per heavy atom. The second-order valence-corrected chi connectivity index (χ2v) is 5.95. The molecule has 1 aromatic carbocycles. The van der Waals surface area contributed by atoms with Crippen molar-refractivity contribution >= 4 is 70.2 Å². The van der Waals surface area contributed by atoms with Gasteiger partial charge in [0.2, 0.25) is 0 Å². The van der Waals surface area contributed by atoms with Crippen molar-refractivity contribution in [2.24, 2.45) is 0 Å². The lowest BCUT2D eigenvalue weighted by molar-refractivity contribution is -0.147. The number of carboxylic acid groups (broad SMARTS) is 2. The van der Waals surface area contributed by atoms with Crippen LogP contribution in [0.3, 0.4) is 0 Å². The molecule has 0 bridgehead atoms. The second kappa shape index (κ2) is 6.16. The monoisotopic (exact) mass is 399 g/mol. The topological polar surface area (TPSA) is 112 Å². The summed E-state index contributed by atoms with van der Waals surface area (Å²) in [6.45, 7) is 0. The van der Waals surface area contributed by atoms with Gasteiger partial charge < -0.3 is 10.2 Å². The first kappa shape index (κ1) is 17.8. The number of hydrogen-bond acceptors (Lipinski definition) is 4. The average molecular weight is 401 g/mol. The molecule has 1 heterocycles. The number of nitrogens with zero attached hydrogens (tertiary/aromatic N) is 1. The highest BCUT2D eigenvalue weighted by atomic mass is 35.5. The zero-order chi connectivity index (χ0) is 17.6. The van der Waals surface area contributed by atoms with E-state index in [1.54, 1.807) is 0 Å². The highest BCUT2D eigenvalue weighted by molar-refractivity contribution is 6.55. The van der Waals surface area contributed by atoms with E-state index in [0.717, 1.165) is 0 Å². The number of carboxylic acids is 2. The molecule has 1 aliphatic rings. The van der Waals surface area contributed by atoms with Crippen molar-refractivity contribution in [1.29, 1.82) is 0 Å². The number of imide groups is 1. The molecule has 1 aliphatic heterocycles. The Morgan fingerprint density at radius 2 is 1.26 bits per heavy atom. The summed E-state index contributed by atoms with van der Waals surface area (Å²) in [5, 5.41) is 16.6. The number of aliphatic carboxylic acids is 2. The Hall–Kier alpha value is -1.54. The van der Waals surface area contributed by atoms with Gasteiger partial charge in [-0.05, 0) is 0 Å². The van der Waals surface area contributed by atoms with Gasteiger partial charge in [0.1, 0.15) is 6.04 Å². The van der Waals surface area contributed by atoms with Gasteiger partial charge in [0, 0.05) is 0 Å². The fraction of sp³-hybridized carbons (Fsp3) is 0.167. The molecule has 1 atom stereocenters. The summed E-state index contributed by atoms with van der Waals surface area (Å²) in [5.74, 6) is -5.40. The van der Waals surface area contributed by atoms with Crippen molar-refractivity contribution in [3.63, 3.8) is 0 Å². The van der Waals surface area contributed by atoms with Crippen LogP contribution in [0.2, 0.25) is 20.1 Å². The zero-order valence-corrected chi connectivity index (χ0v) is 13.8. The molecule has 11 heteroatoms. The summed E-state index contributed by atoms with van der Waals surface area (Å²) in [7, 11) is 0. The molecule has 0 fully saturated rings. The predicted octanol–water partition coefficient (Wildman–Crippen LogP) is 2.82. The third-order valence-corrected chi connectivity index (χ3v) is 4.90. The second-order valence-electron chi connectivity index (χ2n) is 4.44. The number of carbonyl (C=O) groups is 4. The van der Waals surface area contributed by atoms with Crippen LogP contribution in [-0.4, -0.2) is 44.9 Å². The van der Waals surface area contributed by atoms with Crippen LogP contribution < -0.4 is 0 Å². The average Bonchev–Trinajstić information content (AvgIpc) is 2.71. The number of halogens is 4. The fourth-order valence-corrected chi connectivity index (χ4v) is 3.12. The maximum absolute atomic E-state index is 12.4. The van der Waals surface area contributed by atoms with Gasteiger partial charge in [-0.1, -0.05) is 46.4 Å². The van der Waals surface area contributed by atoms with Crippen LogP contribution in [0.4, 0.5) is 0 Å². The Morgan fingerprint density at radius 3 is 1.57 bits per heavy atom. The number of hydrogen-bond donors (Lipinski definition) is 2. The number of benzene rings is 1. The fourth-order valence-electron chi connectivity index (χ4n) is 2.10. The molecular weight excluding hydrogens is 396 g/mol. The Bertz CT molecular complexity index is 731. The van der Waals surface area contributed by atoms with E-state index in [0.29, 0.717) is 0 Å². The number of carbonyl (C=O) groups excluding carboxylic acids is 2. The summed E-state index contributed by atoms with van der Waals surface area (Å²) < 4.78 is 0. The smallest absolute Gasteiger partial charge is 0.327 e. The summed E-state index contributed by atoms with van der Waals surface area (Å²) >= 11 is 23.4. The molecule has 122 valence electrons. The van der Waals surface area contributed by atoms with Gasteiger partial charge in [-0.25, -0.2) is 4.79 Å². The molecular formula is C12H5Cl4NO6. The van der Waals surface area contributed by atoms with Gasteiger partial charge in [-0.15, -0.1) is 0 Å². The molecule has 2 rings (SSSR count). The molecule has 2 amide bonds. The van der Waals surface area contributed by atoms with E-state index in [9.17, 15) is 19.2 Å². The third-order valence-electron chi connectivity index (χ3n) is 3.10. The van der Waals surface area contributed by atoms with E-state index in [1.165, 1.54) is 0 Å². The van der Waals surface area contributed by atoms with Crippen molar-refractivity contribution in [2.45, 2.75) is 12.5 Å². The van der Waals surface area contributed by atoms with Crippen molar-refractivity contribution in [2.75, 3.05) is 0 Å². The minimum atomic E-state index is -1.93. The van der Waals surface area contributed by atoms with Gasteiger partial charge in [0.25, 0.3) is 11.8 Å². The van der Waals surface area contributed by atoms with E-state index < -0.39 is 47.3 Å². The first-order valence-electron chi connectivity index (χ1n) is 5.78. The van der Waals surface area contributed by atoms with E-state index in [1.807, 2.05) is 0 Å². The minimum absolute atomic E-state index is 0.269. The van der Waals surface area contributed by atoms with E-state index in [-0.39, 0.29) is 25.0 Å². The summed E-state index contributed by atoms with van der Waals surface area (Å²) in [5.41, 5.74) is -0.819. The minimum Gasteiger partial charge on any atom is -0.481 e. The largest absolute Gasteiger partial charge is 0.481 e. The molecule has 0 aromatic heterocycles. The molecule has 1 unspecified atom stereocenters. The molecule has 0 spiro atoms. The number of rotatable bonds is 4. The molecule has 23 heavy (non-hydrogen) atoms. The molecule has 2 N–H and O–H groups in total. The standard InChI is InChI=1S/C12H5Cl4NO6/c13-6-4-5(7(14)9(16)8(6)15)11(21)17(10(4)20)2(12(22)23)1-3(18)19/h2H,1H2,(H,18,19)(H,22,23). The van der Waals surface area contributed by atoms with E-state index >= 15 is 0 Å². The first-order valence-corrected chi connectivity index (χ1v) is 7.29. The van der Waals surface area contributed by atoms with E-state index in [4.69, 9.17) is 56.6 Å². The molecule has 1 aromatic rings. The van der Waals surface area contributed by atoms with Crippen molar-refractivity contribution in [3.05, 3.63) is 31.2 Å². The van der Waals surface area contributed by atoms with E-state index in [2.05, 4.69) is 0 Å². The lowest BCUT2D eigenvalue weighted by atomic mass is 10.1. The molecule has 7 nitrogen and oxygen atoms in total. The maximum Gasteiger partial charge on any atom is 0.327 e. The van der Waals surface area contributed by atoms with Crippen molar-refractivity contribution in [3.8, 4) is 0 Å². The summed E-state index contributed by atoms with van der Waals surface area (Å²) in [6, 6.07) is -1.93. The highest BCUT2D eigenvalue weighted by Gasteiger charge is 2.47. The predicted molar refractivity (Wildman–Crippen MR) is 80.7 cm³/mol. The highest BCUT2D eigenvalue weighted by Crippen LogP contribution is 2.45. The lowest BCUT2D eigenvalue weighted by Gasteiger charge is -2.20. The van der Waals surface area contributed by atoms with Crippen LogP contribution in [-0.2, 0) is 9.59 Å². The van der Waals surface area contributed by atoms with Gasteiger partial charge in [0.05, 0.1) is 37.6 Å². The van der Waals surface area contributed by atoms with Crippen LogP contribution in [0, 0.1) is 0 Å². The van der Waals surface area contributed by atoms with Crippen molar-refractivity contribution < 1.29 is 29.4 Å². The van der Waals surface area contributed by atoms with Gasteiger partial charge in [-0.2, -0.15) is 0 Å². The molecule has 0 saturated carbocycles. The van der Waals surface area contributed by atoms with Crippen LogP contribution in [0.1, 0.15) is 27.1 Å². The Balaban J connectivity index is 2.66. The lowest BCUT2D eigenvalue weighted by Crippen LogP contribution is -2.46. The van der Waals surface area contributed by atoms with Crippen LogP contribution in [0.15, 0.2) is 0 Å². The first-order chi connectivity index (χ1) is 10.6. The summed E-state index contributed by atoms with van der Waals surface area (Å²) in [4.78, 5) is 47.1. The van der Waals surface area contributed by atoms with Crippen molar-refractivity contribution in [1.82, 2.24) is 4.90 Å². The normalized spacial score (nSPS) is 14.9. The number of fused-ring (bicyclic) bond motifs is 1. The third kappa shape index (κ3) is 2.74. The molecule has 0 aliphatic carbocycles. The van der Waals surface area contributed by atoms with Gasteiger partial charge in [-0.3, -0.25) is 19.3 Å². The quantitative estimate of drug-likeness (QED) is 0.456. The van der Waals surface area contributed by atoms with Crippen LogP contribution >= 0.6 is 46.4 Å².